The molecule has 0 fully saturated rings. The predicted octanol–water partition coefficient (Wildman–Crippen LogP) is 3.36. The van der Waals surface area contributed by atoms with Crippen molar-refractivity contribution in [2.75, 3.05) is 0 Å². The molecule has 0 radical (unpaired) electrons. The first-order valence-corrected chi connectivity index (χ1v) is 10.9. The molecule has 2 rings (SSSR count). The van der Waals surface area contributed by atoms with E-state index in [9.17, 15) is 17.6 Å². The summed E-state index contributed by atoms with van der Waals surface area (Å²) in [5.74, 6) is -0.459. The van der Waals surface area contributed by atoms with Gasteiger partial charge in [-0.05, 0) is 72.6 Å². The van der Waals surface area contributed by atoms with Gasteiger partial charge in [0.2, 0.25) is 10.0 Å². The molecule has 0 spiro atoms. The highest BCUT2D eigenvalue weighted by atomic mass is 79.9. The molecule has 0 aliphatic heterocycles. The largest absolute Gasteiger partial charge is 0.480 e. The van der Waals surface area contributed by atoms with Crippen LogP contribution >= 0.6 is 15.9 Å². The van der Waals surface area contributed by atoms with Crippen molar-refractivity contribution in [2.24, 2.45) is 0 Å². The zero-order chi connectivity index (χ0) is 20.9. The van der Waals surface area contributed by atoms with Gasteiger partial charge in [-0.2, -0.15) is 0 Å². The number of carbonyl (C=O) groups is 1. The molecule has 28 heavy (non-hydrogen) atoms. The standard InChI is InChI=1S/C19H22BrFN2O4S/c1-12(2)23-28(25,26)16-6-4-5-14(9-16)11-22-19(24)13(3)27-18-8-7-15(21)10-17(18)20/h4-10,12-13,23H,11H2,1-3H3,(H,22,24). The minimum absolute atomic E-state index is 0.132. The normalized spacial score (nSPS) is 12.6. The van der Waals surface area contributed by atoms with Crippen molar-refractivity contribution in [1.82, 2.24) is 10.0 Å². The molecule has 2 aromatic rings. The van der Waals surface area contributed by atoms with Gasteiger partial charge in [0.1, 0.15) is 11.6 Å². The van der Waals surface area contributed by atoms with Crippen LogP contribution in [0.1, 0.15) is 26.3 Å². The van der Waals surface area contributed by atoms with Crippen molar-refractivity contribution >= 4 is 31.9 Å². The molecule has 152 valence electrons. The molecule has 1 amide bonds. The second-order valence-corrected chi connectivity index (χ2v) is 9.04. The van der Waals surface area contributed by atoms with Crippen LogP contribution in [-0.2, 0) is 21.4 Å². The quantitative estimate of drug-likeness (QED) is 0.616. The van der Waals surface area contributed by atoms with Crippen LogP contribution in [0.4, 0.5) is 4.39 Å². The maximum atomic E-state index is 13.1. The smallest absolute Gasteiger partial charge is 0.261 e. The SMILES string of the molecule is CC(C)NS(=O)(=O)c1cccc(CNC(=O)C(C)Oc2ccc(F)cc2Br)c1. The molecule has 1 atom stereocenters. The Morgan fingerprint density at radius 3 is 2.54 bits per heavy atom. The van der Waals surface area contributed by atoms with Crippen LogP contribution in [0.5, 0.6) is 5.75 Å². The lowest BCUT2D eigenvalue weighted by molar-refractivity contribution is -0.127. The van der Waals surface area contributed by atoms with Gasteiger partial charge in [0.25, 0.3) is 5.91 Å². The number of ether oxygens (including phenoxy) is 1. The topological polar surface area (TPSA) is 84.5 Å². The van der Waals surface area contributed by atoms with E-state index >= 15 is 0 Å². The van der Waals surface area contributed by atoms with Crippen LogP contribution in [0.15, 0.2) is 51.8 Å². The molecule has 2 aromatic carbocycles. The van der Waals surface area contributed by atoms with Gasteiger partial charge in [0.05, 0.1) is 9.37 Å². The minimum atomic E-state index is -3.61. The molecule has 9 heteroatoms. The lowest BCUT2D eigenvalue weighted by atomic mass is 10.2. The highest BCUT2D eigenvalue weighted by molar-refractivity contribution is 9.10. The Kier molecular flexibility index (Phi) is 7.56. The average molecular weight is 473 g/mol. The molecule has 0 heterocycles. The molecule has 6 nitrogen and oxygen atoms in total. The van der Waals surface area contributed by atoms with Gasteiger partial charge in [-0.3, -0.25) is 4.79 Å². The second-order valence-electron chi connectivity index (χ2n) is 6.48. The minimum Gasteiger partial charge on any atom is -0.480 e. The van der Waals surface area contributed by atoms with E-state index in [-0.39, 0.29) is 23.4 Å². The van der Waals surface area contributed by atoms with E-state index in [1.54, 1.807) is 32.9 Å². The van der Waals surface area contributed by atoms with Crippen LogP contribution in [0.25, 0.3) is 0 Å². The lowest BCUT2D eigenvalue weighted by Crippen LogP contribution is -2.36. The maximum Gasteiger partial charge on any atom is 0.261 e. The molecule has 2 N–H and O–H groups in total. The van der Waals surface area contributed by atoms with E-state index < -0.39 is 21.9 Å². The Hall–Kier alpha value is -1.97. The highest BCUT2D eigenvalue weighted by Gasteiger charge is 2.18. The Labute approximate surface area is 172 Å². The van der Waals surface area contributed by atoms with Crippen LogP contribution in [0.3, 0.4) is 0 Å². The fourth-order valence-corrected chi connectivity index (χ4v) is 4.11. The number of benzene rings is 2. The fourth-order valence-electron chi connectivity index (χ4n) is 2.35. The van der Waals surface area contributed by atoms with Crippen molar-refractivity contribution in [3.63, 3.8) is 0 Å². The fraction of sp³-hybridized carbons (Fsp3) is 0.316. The molecule has 0 saturated heterocycles. The van der Waals surface area contributed by atoms with Gasteiger partial charge in [-0.15, -0.1) is 0 Å². The van der Waals surface area contributed by atoms with Crippen molar-refractivity contribution in [3.8, 4) is 5.75 Å². The lowest BCUT2D eigenvalue weighted by Gasteiger charge is -2.16. The van der Waals surface area contributed by atoms with Gasteiger partial charge in [0, 0.05) is 12.6 Å². The number of amides is 1. The van der Waals surface area contributed by atoms with E-state index in [1.807, 2.05) is 0 Å². The van der Waals surface area contributed by atoms with Crippen LogP contribution < -0.4 is 14.8 Å². The van der Waals surface area contributed by atoms with Gasteiger partial charge in [-0.25, -0.2) is 17.5 Å². The number of sulfonamides is 1. The van der Waals surface area contributed by atoms with Crippen molar-refractivity contribution in [3.05, 3.63) is 58.3 Å². The van der Waals surface area contributed by atoms with Gasteiger partial charge in [0.15, 0.2) is 6.10 Å². The van der Waals surface area contributed by atoms with Gasteiger partial charge < -0.3 is 10.1 Å². The first-order valence-electron chi connectivity index (χ1n) is 8.59. The summed E-state index contributed by atoms with van der Waals surface area (Å²) < 4.78 is 46.1. The molecule has 0 aliphatic rings. The number of hydrogen-bond donors (Lipinski definition) is 2. The first-order chi connectivity index (χ1) is 13.1. The molecule has 0 saturated carbocycles. The molecule has 0 aliphatic carbocycles. The number of nitrogens with one attached hydrogen (secondary N) is 2. The Balaban J connectivity index is 1.99. The number of rotatable bonds is 8. The Morgan fingerprint density at radius 2 is 1.89 bits per heavy atom. The van der Waals surface area contributed by atoms with Gasteiger partial charge in [-0.1, -0.05) is 12.1 Å². The third-order valence-electron chi connectivity index (χ3n) is 3.63. The predicted molar refractivity (Wildman–Crippen MR) is 108 cm³/mol. The summed E-state index contributed by atoms with van der Waals surface area (Å²) in [7, 11) is -3.61. The number of carbonyl (C=O) groups excluding carboxylic acids is 1. The van der Waals surface area contributed by atoms with Crippen molar-refractivity contribution in [2.45, 2.75) is 44.4 Å². The summed E-state index contributed by atoms with van der Waals surface area (Å²) in [6.45, 7) is 5.19. The summed E-state index contributed by atoms with van der Waals surface area (Å²) in [6, 6.07) is 10.0. The zero-order valence-electron chi connectivity index (χ0n) is 15.7. The van der Waals surface area contributed by atoms with E-state index in [4.69, 9.17) is 4.74 Å². The van der Waals surface area contributed by atoms with E-state index in [1.165, 1.54) is 30.3 Å². The monoisotopic (exact) mass is 472 g/mol. The maximum absolute atomic E-state index is 13.1. The Morgan fingerprint density at radius 1 is 1.18 bits per heavy atom. The molecular weight excluding hydrogens is 451 g/mol. The summed E-state index contributed by atoms with van der Waals surface area (Å²) in [5.41, 5.74) is 0.634. The summed E-state index contributed by atoms with van der Waals surface area (Å²) in [6.07, 6.45) is -0.823. The summed E-state index contributed by atoms with van der Waals surface area (Å²) in [4.78, 5) is 12.4. The molecule has 0 aromatic heterocycles. The molecule has 1 unspecified atom stereocenters. The first kappa shape index (κ1) is 22.3. The Bertz CT molecular complexity index is 951. The summed E-state index contributed by atoms with van der Waals surface area (Å²) in [5, 5.41) is 2.70. The van der Waals surface area contributed by atoms with E-state index in [0.717, 1.165) is 0 Å². The second kappa shape index (κ2) is 9.49. The zero-order valence-corrected chi connectivity index (χ0v) is 18.1. The third kappa shape index (κ3) is 6.29. The average Bonchev–Trinajstić information content (AvgIpc) is 2.61. The van der Waals surface area contributed by atoms with Gasteiger partial charge >= 0.3 is 0 Å². The number of halogens is 2. The van der Waals surface area contributed by atoms with Crippen LogP contribution in [0, 0.1) is 5.82 Å². The highest BCUT2D eigenvalue weighted by Crippen LogP contribution is 2.26. The van der Waals surface area contributed by atoms with Crippen LogP contribution in [0.2, 0.25) is 0 Å². The molecular formula is C19H22BrFN2O4S. The third-order valence-corrected chi connectivity index (χ3v) is 5.91. The van der Waals surface area contributed by atoms with Crippen molar-refractivity contribution < 1.29 is 22.3 Å². The number of hydrogen-bond acceptors (Lipinski definition) is 4. The van der Waals surface area contributed by atoms with Crippen LogP contribution in [-0.4, -0.2) is 26.5 Å². The van der Waals surface area contributed by atoms with E-state index in [0.29, 0.717) is 15.8 Å². The molecule has 0 bridgehead atoms. The summed E-state index contributed by atoms with van der Waals surface area (Å²) >= 11 is 3.18. The van der Waals surface area contributed by atoms with E-state index in [2.05, 4.69) is 26.0 Å². The van der Waals surface area contributed by atoms with Crippen molar-refractivity contribution in [1.29, 1.82) is 0 Å².